The molecule has 1 aliphatic rings. The lowest BCUT2D eigenvalue weighted by Gasteiger charge is -2.30. The van der Waals surface area contributed by atoms with Gasteiger partial charge >= 0.3 is 0 Å². The highest BCUT2D eigenvalue weighted by Gasteiger charge is 2.23. The maximum atomic E-state index is 5.86. The smallest absolute Gasteiger partial charge is 0.185 e. The second kappa shape index (κ2) is 6.68. The summed E-state index contributed by atoms with van der Waals surface area (Å²) < 4.78 is 5.42. The summed E-state index contributed by atoms with van der Waals surface area (Å²) in [6, 6.07) is 0. The summed E-state index contributed by atoms with van der Waals surface area (Å²) in [7, 11) is 1.80. The SMILES string of the molecule is CCC(C)c1nc(N2CCC(OC)CC2)sc1CN. The molecule has 1 unspecified atom stereocenters. The zero-order chi connectivity index (χ0) is 13.8. The lowest BCUT2D eigenvalue weighted by atomic mass is 10.0. The first kappa shape index (κ1) is 14.8. The predicted molar refractivity (Wildman–Crippen MR) is 81.0 cm³/mol. The van der Waals surface area contributed by atoms with Crippen LogP contribution in [0.25, 0.3) is 0 Å². The topological polar surface area (TPSA) is 51.4 Å². The summed E-state index contributed by atoms with van der Waals surface area (Å²) in [6.07, 6.45) is 3.71. The van der Waals surface area contributed by atoms with Crippen LogP contribution in [0.1, 0.15) is 49.6 Å². The molecule has 0 saturated carbocycles. The van der Waals surface area contributed by atoms with Crippen molar-refractivity contribution in [2.24, 2.45) is 5.73 Å². The van der Waals surface area contributed by atoms with Gasteiger partial charge in [0, 0.05) is 31.6 Å². The molecule has 0 aliphatic carbocycles. The van der Waals surface area contributed by atoms with Crippen LogP contribution >= 0.6 is 11.3 Å². The quantitative estimate of drug-likeness (QED) is 0.902. The van der Waals surface area contributed by atoms with E-state index in [4.69, 9.17) is 15.5 Å². The summed E-state index contributed by atoms with van der Waals surface area (Å²) in [5.74, 6) is 0.500. The van der Waals surface area contributed by atoms with Crippen molar-refractivity contribution >= 4 is 16.5 Å². The van der Waals surface area contributed by atoms with Crippen LogP contribution in [-0.4, -0.2) is 31.3 Å². The van der Waals surface area contributed by atoms with E-state index in [1.807, 2.05) is 0 Å². The maximum Gasteiger partial charge on any atom is 0.185 e. The van der Waals surface area contributed by atoms with E-state index in [0.717, 1.165) is 37.5 Å². The molecular weight excluding hydrogens is 258 g/mol. The van der Waals surface area contributed by atoms with E-state index in [-0.39, 0.29) is 0 Å². The highest BCUT2D eigenvalue weighted by molar-refractivity contribution is 7.15. The summed E-state index contributed by atoms with van der Waals surface area (Å²) in [4.78, 5) is 8.48. The molecule has 1 saturated heterocycles. The standard InChI is InChI=1S/C14H25N3OS/c1-4-10(2)13-12(9-15)19-14(16-13)17-7-5-11(18-3)6-8-17/h10-11H,4-9,15H2,1-3H3. The van der Waals surface area contributed by atoms with E-state index in [1.54, 1.807) is 18.4 Å². The third-order valence-corrected chi connectivity index (χ3v) is 5.18. The maximum absolute atomic E-state index is 5.86. The number of aromatic nitrogens is 1. The summed E-state index contributed by atoms with van der Waals surface area (Å²) >= 11 is 1.77. The van der Waals surface area contributed by atoms with Crippen LogP contribution in [0.4, 0.5) is 5.13 Å². The number of piperidine rings is 1. The number of nitrogens with zero attached hydrogens (tertiary/aromatic N) is 2. The van der Waals surface area contributed by atoms with Gasteiger partial charge in [0.15, 0.2) is 5.13 Å². The molecule has 0 radical (unpaired) electrons. The molecule has 1 aromatic rings. The van der Waals surface area contributed by atoms with Crippen molar-refractivity contribution in [3.05, 3.63) is 10.6 Å². The fourth-order valence-electron chi connectivity index (χ4n) is 2.49. The Morgan fingerprint density at radius 3 is 2.68 bits per heavy atom. The molecule has 0 bridgehead atoms. The molecular formula is C14H25N3OS. The molecule has 2 N–H and O–H groups in total. The van der Waals surface area contributed by atoms with Crippen LogP contribution in [0.15, 0.2) is 0 Å². The van der Waals surface area contributed by atoms with Gasteiger partial charge < -0.3 is 15.4 Å². The van der Waals surface area contributed by atoms with Crippen molar-refractivity contribution in [1.29, 1.82) is 0 Å². The molecule has 5 heteroatoms. The van der Waals surface area contributed by atoms with E-state index in [9.17, 15) is 0 Å². The molecule has 1 fully saturated rings. The minimum atomic E-state index is 0.416. The van der Waals surface area contributed by atoms with Crippen molar-refractivity contribution < 1.29 is 4.74 Å². The number of nitrogens with two attached hydrogens (primary N) is 1. The monoisotopic (exact) mass is 283 g/mol. The number of anilines is 1. The number of hydrogen-bond acceptors (Lipinski definition) is 5. The lowest BCUT2D eigenvalue weighted by molar-refractivity contribution is 0.0819. The largest absolute Gasteiger partial charge is 0.381 e. The first-order valence-corrected chi connectivity index (χ1v) is 7.98. The Kier molecular flexibility index (Phi) is 5.19. The molecule has 4 nitrogen and oxygen atoms in total. The number of ether oxygens (including phenoxy) is 1. The minimum absolute atomic E-state index is 0.416. The van der Waals surface area contributed by atoms with Crippen LogP contribution in [0, 0.1) is 0 Å². The number of rotatable bonds is 5. The van der Waals surface area contributed by atoms with Crippen LogP contribution in [0.2, 0.25) is 0 Å². The molecule has 1 aromatic heterocycles. The van der Waals surface area contributed by atoms with Crippen LogP contribution in [0.5, 0.6) is 0 Å². The van der Waals surface area contributed by atoms with E-state index >= 15 is 0 Å². The third kappa shape index (κ3) is 3.27. The average Bonchev–Trinajstić information content (AvgIpc) is 2.90. The Hall–Kier alpha value is -0.650. The van der Waals surface area contributed by atoms with Gasteiger partial charge in [0.2, 0.25) is 0 Å². The van der Waals surface area contributed by atoms with E-state index in [1.165, 1.54) is 10.6 Å². The Morgan fingerprint density at radius 1 is 1.47 bits per heavy atom. The van der Waals surface area contributed by atoms with Crippen LogP contribution in [-0.2, 0) is 11.3 Å². The third-order valence-electron chi connectivity index (χ3n) is 4.03. The lowest BCUT2D eigenvalue weighted by Crippen LogP contribution is -2.36. The normalized spacial score (nSPS) is 18.8. The highest BCUT2D eigenvalue weighted by atomic mass is 32.1. The van der Waals surface area contributed by atoms with Crippen molar-refractivity contribution in [3.63, 3.8) is 0 Å². The van der Waals surface area contributed by atoms with Crippen molar-refractivity contribution in [2.45, 2.75) is 51.7 Å². The highest BCUT2D eigenvalue weighted by Crippen LogP contribution is 2.33. The van der Waals surface area contributed by atoms with E-state index in [2.05, 4.69) is 18.7 Å². The summed E-state index contributed by atoms with van der Waals surface area (Å²) in [5.41, 5.74) is 7.07. The summed E-state index contributed by atoms with van der Waals surface area (Å²) in [5, 5.41) is 1.14. The fourth-order valence-corrected chi connectivity index (χ4v) is 3.60. The zero-order valence-electron chi connectivity index (χ0n) is 12.2. The Balaban J connectivity index is 2.11. The Labute approximate surface area is 120 Å². The van der Waals surface area contributed by atoms with Gasteiger partial charge in [-0.15, -0.1) is 11.3 Å². The van der Waals surface area contributed by atoms with Gasteiger partial charge in [0.1, 0.15) is 0 Å². The van der Waals surface area contributed by atoms with Gasteiger partial charge in [-0.2, -0.15) is 0 Å². The van der Waals surface area contributed by atoms with Gasteiger partial charge in [-0.05, 0) is 25.2 Å². The molecule has 2 heterocycles. The van der Waals surface area contributed by atoms with Gasteiger partial charge in [-0.1, -0.05) is 13.8 Å². The molecule has 0 aromatic carbocycles. The molecule has 19 heavy (non-hydrogen) atoms. The molecule has 0 spiro atoms. The Morgan fingerprint density at radius 2 is 2.16 bits per heavy atom. The van der Waals surface area contributed by atoms with Crippen LogP contribution in [0.3, 0.4) is 0 Å². The average molecular weight is 283 g/mol. The zero-order valence-corrected chi connectivity index (χ0v) is 13.0. The number of hydrogen-bond donors (Lipinski definition) is 1. The van der Waals surface area contributed by atoms with Gasteiger partial charge in [-0.3, -0.25) is 0 Å². The van der Waals surface area contributed by atoms with Crippen molar-refractivity contribution in [2.75, 3.05) is 25.1 Å². The van der Waals surface area contributed by atoms with E-state index in [0.29, 0.717) is 18.6 Å². The first-order chi connectivity index (χ1) is 9.19. The van der Waals surface area contributed by atoms with E-state index < -0.39 is 0 Å². The molecule has 2 rings (SSSR count). The molecule has 108 valence electrons. The fraction of sp³-hybridized carbons (Fsp3) is 0.786. The second-order valence-electron chi connectivity index (χ2n) is 5.24. The van der Waals surface area contributed by atoms with Gasteiger partial charge in [-0.25, -0.2) is 4.98 Å². The summed E-state index contributed by atoms with van der Waals surface area (Å²) in [6.45, 7) is 7.11. The van der Waals surface area contributed by atoms with Gasteiger partial charge in [0.25, 0.3) is 0 Å². The second-order valence-corrected chi connectivity index (χ2v) is 6.30. The molecule has 1 aliphatic heterocycles. The minimum Gasteiger partial charge on any atom is -0.381 e. The Bertz CT molecular complexity index is 399. The number of thiazole rings is 1. The predicted octanol–water partition coefficient (Wildman–Crippen LogP) is 2.73. The molecule has 1 atom stereocenters. The van der Waals surface area contributed by atoms with Crippen molar-refractivity contribution in [1.82, 2.24) is 4.98 Å². The van der Waals surface area contributed by atoms with Crippen molar-refractivity contribution in [3.8, 4) is 0 Å². The number of methoxy groups -OCH3 is 1. The first-order valence-electron chi connectivity index (χ1n) is 7.17. The molecule has 0 amide bonds. The van der Waals surface area contributed by atoms with Crippen LogP contribution < -0.4 is 10.6 Å². The van der Waals surface area contributed by atoms with Gasteiger partial charge in [0.05, 0.1) is 11.8 Å².